The quantitative estimate of drug-likeness (QED) is 0.848. The van der Waals surface area contributed by atoms with Crippen LogP contribution < -0.4 is 4.74 Å². The number of halogens is 1. The topological polar surface area (TPSA) is 48.2 Å². The van der Waals surface area contributed by atoms with Crippen molar-refractivity contribution in [2.24, 2.45) is 0 Å². The van der Waals surface area contributed by atoms with Gasteiger partial charge in [-0.2, -0.15) is 4.98 Å². The number of hydrogen-bond donors (Lipinski definition) is 0. The van der Waals surface area contributed by atoms with Crippen LogP contribution in [-0.2, 0) is 6.61 Å². The Morgan fingerprint density at radius 2 is 2.28 bits per heavy atom. The fourth-order valence-electron chi connectivity index (χ4n) is 1.69. The average Bonchev–Trinajstić information content (AvgIpc) is 3.10. The first-order valence-corrected chi connectivity index (χ1v) is 6.31. The summed E-state index contributed by atoms with van der Waals surface area (Å²) in [4.78, 5) is 4.30. The molecule has 0 radical (unpaired) electrons. The highest BCUT2D eigenvalue weighted by Crippen LogP contribution is 2.38. The van der Waals surface area contributed by atoms with Gasteiger partial charge in [0.25, 0.3) is 0 Å². The van der Waals surface area contributed by atoms with Crippen molar-refractivity contribution >= 4 is 11.6 Å². The fraction of sp³-hybridized carbons (Fsp3) is 0.385. The first kappa shape index (κ1) is 11.5. The number of benzene rings is 1. The Kier molecular flexibility index (Phi) is 2.96. The van der Waals surface area contributed by atoms with Crippen LogP contribution in [0.3, 0.4) is 0 Å². The maximum absolute atomic E-state index is 5.92. The van der Waals surface area contributed by atoms with Crippen molar-refractivity contribution in [1.82, 2.24) is 10.1 Å². The zero-order valence-electron chi connectivity index (χ0n) is 10.0. The minimum Gasteiger partial charge on any atom is -0.485 e. The van der Waals surface area contributed by atoms with Crippen LogP contribution in [0.4, 0.5) is 0 Å². The molecule has 0 aliphatic heterocycles. The molecule has 1 aliphatic carbocycles. The van der Waals surface area contributed by atoms with Gasteiger partial charge < -0.3 is 9.26 Å². The summed E-state index contributed by atoms with van der Waals surface area (Å²) in [6.07, 6.45) is 2.30. The third-order valence-electron chi connectivity index (χ3n) is 2.92. The van der Waals surface area contributed by atoms with Crippen LogP contribution >= 0.6 is 11.6 Å². The van der Waals surface area contributed by atoms with Crippen LogP contribution in [0.2, 0.25) is 5.02 Å². The number of ether oxygens (including phenoxy) is 1. The van der Waals surface area contributed by atoms with E-state index < -0.39 is 0 Å². The van der Waals surface area contributed by atoms with Crippen molar-refractivity contribution in [3.8, 4) is 5.75 Å². The predicted molar refractivity (Wildman–Crippen MR) is 66.8 cm³/mol. The fourth-order valence-corrected chi connectivity index (χ4v) is 1.86. The van der Waals surface area contributed by atoms with Gasteiger partial charge in [-0.1, -0.05) is 22.8 Å². The van der Waals surface area contributed by atoms with Crippen LogP contribution in [0, 0.1) is 6.92 Å². The van der Waals surface area contributed by atoms with Gasteiger partial charge in [0.1, 0.15) is 5.75 Å². The van der Waals surface area contributed by atoms with Gasteiger partial charge in [-0.3, -0.25) is 0 Å². The molecule has 5 heteroatoms. The van der Waals surface area contributed by atoms with Gasteiger partial charge in [0.2, 0.25) is 11.7 Å². The van der Waals surface area contributed by atoms with Crippen LogP contribution in [-0.4, -0.2) is 10.1 Å². The lowest BCUT2D eigenvalue weighted by molar-refractivity contribution is 0.283. The molecule has 1 heterocycles. The molecule has 3 rings (SSSR count). The molecule has 1 aliphatic rings. The van der Waals surface area contributed by atoms with Crippen LogP contribution in [0.5, 0.6) is 5.75 Å². The monoisotopic (exact) mass is 264 g/mol. The Labute approximate surface area is 110 Å². The zero-order chi connectivity index (χ0) is 12.5. The number of aromatic nitrogens is 2. The van der Waals surface area contributed by atoms with Crippen LogP contribution in [0.15, 0.2) is 22.7 Å². The molecule has 1 fully saturated rings. The molecule has 94 valence electrons. The van der Waals surface area contributed by atoms with Crippen molar-refractivity contribution in [1.29, 1.82) is 0 Å². The molecule has 0 bridgehead atoms. The average molecular weight is 265 g/mol. The Morgan fingerprint density at radius 3 is 3.06 bits per heavy atom. The first-order chi connectivity index (χ1) is 8.72. The molecule has 0 unspecified atom stereocenters. The third-order valence-corrected chi connectivity index (χ3v) is 3.15. The van der Waals surface area contributed by atoms with Crippen molar-refractivity contribution in [3.05, 3.63) is 40.5 Å². The van der Waals surface area contributed by atoms with Gasteiger partial charge in [-0.15, -0.1) is 0 Å². The highest BCUT2D eigenvalue weighted by molar-refractivity contribution is 6.30. The Hall–Kier alpha value is -1.55. The molecule has 4 nitrogen and oxygen atoms in total. The van der Waals surface area contributed by atoms with Gasteiger partial charge >= 0.3 is 0 Å². The summed E-state index contributed by atoms with van der Waals surface area (Å²) in [5, 5.41) is 4.56. The lowest BCUT2D eigenvalue weighted by atomic mass is 10.2. The van der Waals surface area contributed by atoms with Gasteiger partial charge in [0, 0.05) is 10.9 Å². The van der Waals surface area contributed by atoms with Crippen molar-refractivity contribution in [2.45, 2.75) is 32.3 Å². The van der Waals surface area contributed by atoms with Gasteiger partial charge in [0.05, 0.1) is 0 Å². The maximum Gasteiger partial charge on any atom is 0.229 e. The molecular weight excluding hydrogens is 252 g/mol. The summed E-state index contributed by atoms with van der Waals surface area (Å²) >= 11 is 5.92. The zero-order valence-corrected chi connectivity index (χ0v) is 10.8. The summed E-state index contributed by atoms with van der Waals surface area (Å²) in [6, 6.07) is 5.55. The van der Waals surface area contributed by atoms with E-state index >= 15 is 0 Å². The smallest absolute Gasteiger partial charge is 0.229 e. The van der Waals surface area contributed by atoms with E-state index in [4.69, 9.17) is 20.9 Å². The second-order valence-corrected chi connectivity index (χ2v) is 4.96. The van der Waals surface area contributed by atoms with E-state index in [9.17, 15) is 0 Å². The SMILES string of the molecule is Cc1ccc(Cl)cc1OCc1noc(C2CC2)n1. The van der Waals surface area contributed by atoms with Crippen LogP contribution in [0.1, 0.15) is 36.0 Å². The summed E-state index contributed by atoms with van der Waals surface area (Å²) in [5.41, 5.74) is 1.03. The molecule has 0 amide bonds. The largest absolute Gasteiger partial charge is 0.485 e. The summed E-state index contributed by atoms with van der Waals surface area (Å²) in [7, 11) is 0. The molecule has 1 aromatic carbocycles. The van der Waals surface area contributed by atoms with E-state index in [1.807, 2.05) is 19.1 Å². The highest BCUT2D eigenvalue weighted by atomic mass is 35.5. The van der Waals surface area contributed by atoms with Gasteiger partial charge in [-0.25, -0.2) is 0 Å². The van der Waals surface area contributed by atoms with Gasteiger partial charge in [-0.05, 0) is 37.5 Å². The van der Waals surface area contributed by atoms with Crippen molar-refractivity contribution in [2.75, 3.05) is 0 Å². The van der Waals surface area contributed by atoms with E-state index in [0.717, 1.165) is 30.0 Å². The van der Waals surface area contributed by atoms with E-state index in [-0.39, 0.29) is 0 Å². The van der Waals surface area contributed by atoms with E-state index in [1.54, 1.807) is 6.07 Å². The molecule has 2 aromatic rings. The Balaban J connectivity index is 1.67. The minimum atomic E-state index is 0.303. The summed E-state index contributed by atoms with van der Waals surface area (Å²) < 4.78 is 10.8. The Bertz CT molecular complexity index is 564. The molecule has 1 saturated carbocycles. The van der Waals surface area contributed by atoms with Gasteiger partial charge in [0.15, 0.2) is 6.61 Å². The summed E-state index contributed by atoms with van der Waals surface area (Å²) in [5.74, 6) is 2.53. The number of hydrogen-bond acceptors (Lipinski definition) is 4. The lowest BCUT2D eigenvalue weighted by Crippen LogP contribution is -1.99. The molecule has 1 aromatic heterocycles. The third kappa shape index (κ3) is 2.48. The maximum atomic E-state index is 5.92. The molecule has 0 saturated heterocycles. The molecule has 0 spiro atoms. The predicted octanol–water partition coefficient (Wildman–Crippen LogP) is 3.49. The van der Waals surface area contributed by atoms with E-state index in [0.29, 0.717) is 23.4 Å². The highest BCUT2D eigenvalue weighted by Gasteiger charge is 2.29. The van der Waals surface area contributed by atoms with E-state index in [2.05, 4.69) is 10.1 Å². The number of aryl methyl sites for hydroxylation is 1. The minimum absolute atomic E-state index is 0.303. The molecule has 18 heavy (non-hydrogen) atoms. The number of nitrogens with zero attached hydrogens (tertiary/aromatic N) is 2. The first-order valence-electron chi connectivity index (χ1n) is 5.94. The van der Waals surface area contributed by atoms with Crippen molar-refractivity contribution in [3.63, 3.8) is 0 Å². The molecule has 0 N–H and O–H groups in total. The second kappa shape index (κ2) is 4.61. The summed E-state index contributed by atoms with van der Waals surface area (Å²) in [6.45, 7) is 2.27. The van der Waals surface area contributed by atoms with E-state index in [1.165, 1.54) is 0 Å². The van der Waals surface area contributed by atoms with Crippen LogP contribution in [0.25, 0.3) is 0 Å². The van der Waals surface area contributed by atoms with Crippen molar-refractivity contribution < 1.29 is 9.26 Å². The lowest BCUT2D eigenvalue weighted by Gasteiger charge is -2.06. The molecular formula is C13H13ClN2O2. The Morgan fingerprint density at radius 1 is 1.44 bits per heavy atom. The normalized spacial score (nSPS) is 14.8. The molecule has 0 atom stereocenters. The standard InChI is InChI=1S/C13H13ClN2O2/c1-8-2-5-10(14)6-11(8)17-7-12-15-13(18-16-12)9-3-4-9/h2,5-6,9H,3-4,7H2,1H3. The number of rotatable bonds is 4. The second-order valence-electron chi connectivity index (χ2n) is 4.52.